The first-order chi connectivity index (χ1) is 4.31. The summed E-state index contributed by atoms with van der Waals surface area (Å²) in [7, 11) is 0. The summed E-state index contributed by atoms with van der Waals surface area (Å²) in [4.78, 5) is 10.3. The SMILES string of the molecule is CCCCNC(=O)[CH]O. The van der Waals surface area contributed by atoms with Gasteiger partial charge in [0.2, 0.25) is 0 Å². The van der Waals surface area contributed by atoms with E-state index in [0.29, 0.717) is 13.2 Å². The normalized spacial score (nSPS) is 9.11. The lowest BCUT2D eigenvalue weighted by atomic mass is 10.3. The number of carbonyl (C=O) groups is 1. The summed E-state index contributed by atoms with van der Waals surface area (Å²) < 4.78 is 0. The number of unbranched alkanes of at least 4 members (excludes halogenated alkanes) is 1. The molecule has 0 aromatic heterocycles. The molecule has 0 aliphatic rings. The van der Waals surface area contributed by atoms with Gasteiger partial charge >= 0.3 is 0 Å². The third-order valence-electron chi connectivity index (χ3n) is 0.947. The first-order valence-electron chi connectivity index (χ1n) is 3.06. The standard InChI is InChI=1S/C6H12NO2/c1-2-3-4-7-6(9)5-8/h5,8H,2-4H2,1H3,(H,7,9). The lowest BCUT2D eigenvalue weighted by Crippen LogP contribution is -2.24. The van der Waals surface area contributed by atoms with Crippen LogP contribution < -0.4 is 5.32 Å². The molecule has 0 aliphatic heterocycles. The summed E-state index contributed by atoms with van der Waals surface area (Å²) >= 11 is 0. The van der Waals surface area contributed by atoms with Gasteiger partial charge in [-0.2, -0.15) is 0 Å². The molecule has 0 heterocycles. The zero-order chi connectivity index (χ0) is 7.11. The van der Waals surface area contributed by atoms with E-state index in [2.05, 4.69) is 5.32 Å². The van der Waals surface area contributed by atoms with Crippen LogP contribution in [0.5, 0.6) is 0 Å². The van der Waals surface area contributed by atoms with E-state index in [1.807, 2.05) is 6.92 Å². The van der Waals surface area contributed by atoms with Gasteiger partial charge in [0.1, 0.15) is 0 Å². The Labute approximate surface area is 55.1 Å². The van der Waals surface area contributed by atoms with Gasteiger partial charge in [0.25, 0.3) is 5.91 Å². The van der Waals surface area contributed by atoms with Crippen molar-refractivity contribution in [3.8, 4) is 0 Å². The monoisotopic (exact) mass is 130 g/mol. The molecule has 0 spiro atoms. The maximum atomic E-state index is 10.3. The van der Waals surface area contributed by atoms with Crippen LogP contribution >= 0.6 is 0 Å². The number of rotatable bonds is 4. The number of hydrogen-bond acceptors (Lipinski definition) is 2. The minimum absolute atomic E-state index is 0.413. The smallest absolute Gasteiger partial charge is 0.252 e. The van der Waals surface area contributed by atoms with E-state index < -0.39 is 5.91 Å². The Morgan fingerprint density at radius 1 is 1.78 bits per heavy atom. The molecule has 0 fully saturated rings. The molecule has 0 aromatic rings. The average Bonchev–Trinajstić information content (AvgIpc) is 1.89. The number of aliphatic hydroxyl groups is 1. The molecule has 0 saturated carbocycles. The maximum Gasteiger partial charge on any atom is 0.252 e. The van der Waals surface area contributed by atoms with Crippen LogP contribution in [0.25, 0.3) is 0 Å². The van der Waals surface area contributed by atoms with Gasteiger partial charge < -0.3 is 10.4 Å². The Kier molecular flexibility index (Phi) is 5.21. The minimum Gasteiger partial charge on any atom is -0.380 e. The zero-order valence-corrected chi connectivity index (χ0v) is 5.55. The van der Waals surface area contributed by atoms with Crippen molar-refractivity contribution in [1.29, 1.82) is 0 Å². The van der Waals surface area contributed by atoms with E-state index in [9.17, 15) is 4.79 Å². The van der Waals surface area contributed by atoms with Crippen molar-refractivity contribution in [2.45, 2.75) is 19.8 Å². The van der Waals surface area contributed by atoms with Crippen LogP contribution in [0.15, 0.2) is 0 Å². The van der Waals surface area contributed by atoms with Crippen LogP contribution in [0.4, 0.5) is 0 Å². The van der Waals surface area contributed by atoms with Gasteiger partial charge in [0.05, 0.1) is 0 Å². The molecule has 1 amide bonds. The molecule has 3 heteroatoms. The lowest BCUT2D eigenvalue weighted by Gasteiger charge is -1.98. The fourth-order valence-corrected chi connectivity index (χ4v) is 0.434. The highest BCUT2D eigenvalue weighted by atomic mass is 16.3. The van der Waals surface area contributed by atoms with Gasteiger partial charge in [-0.3, -0.25) is 4.79 Å². The number of aliphatic hydroxyl groups excluding tert-OH is 1. The first kappa shape index (κ1) is 8.43. The minimum atomic E-state index is -0.413. The van der Waals surface area contributed by atoms with E-state index in [1.165, 1.54) is 0 Å². The number of nitrogens with one attached hydrogen (secondary N) is 1. The highest BCUT2D eigenvalue weighted by Gasteiger charge is 1.94. The van der Waals surface area contributed by atoms with E-state index >= 15 is 0 Å². The fourth-order valence-electron chi connectivity index (χ4n) is 0.434. The van der Waals surface area contributed by atoms with Gasteiger partial charge in [-0.05, 0) is 6.42 Å². The summed E-state index contributed by atoms with van der Waals surface area (Å²) in [6.07, 6.45) is 2.01. The van der Waals surface area contributed by atoms with Crippen LogP contribution in [0.3, 0.4) is 0 Å². The molecule has 1 radical (unpaired) electrons. The number of hydrogen-bond donors (Lipinski definition) is 2. The van der Waals surface area contributed by atoms with Crippen LogP contribution in [0, 0.1) is 6.61 Å². The molecule has 0 unspecified atom stereocenters. The van der Waals surface area contributed by atoms with Gasteiger partial charge in [0, 0.05) is 6.54 Å². The summed E-state index contributed by atoms with van der Waals surface area (Å²) in [6.45, 7) is 3.22. The number of carbonyl (C=O) groups excluding carboxylic acids is 1. The molecular formula is C6H12NO2. The Morgan fingerprint density at radius 3 is 2.89 bits per heavy atom. The zero-order valence-electron chi connectivity index (χ0n) is 5.55. The molecule has 0 aliphatic carbocycles. The predicted octanol–water partition coefficient (Wildman–Crippen LogP) is 0.437. The molecule has 0 aromatic carbocycles. The van der Waals surface area contributed by atoms with Crippen molar-refractivity contribution >= 4 is 5.91 Å². The molecule has 0 atom stereocenters. The second-order valence-corrected chi connectivity index (χ2v) is 1.77. The Balaban J connectivity index is 2.97. The number of amides is 1. The van der Waals surface area contributed by atoms with Crippen molar-refractivity contribution in [2.75, 3.05) is 6.54 Å². The third kappa shape index (κ3) is 5.30. The fraction of sp³-hybridized carbons (Fsp3) is 0.667. The van der Waals surface area contributed by atoms with Crippen LogP contribution in [0.2, 0.25) is 0 Å². The van der Waals surface area contributed by atoms with Gasteiger partial charge in [0.15, 0.2) is 6.61 Å². The molecule has 3 nitrogen and oxygen atoms in total. The second-order valence-electron chi connectivity index (χ2n) is 1.77. The van der Waals surface area contributed by atoms with E-state index in [0.717, 1.165) is 12.8 Å². The van der Waals surface area contributed by atoms with Gasteiger partial charge in [-0.15, -0.1) is 0 Å². The van der Waals surface area contributed by atoms with E-state index in [1.54, 1.807) is 0 Å². The Morgan fingerprint density at radius 2 is 2.44 bits per heavy atom. The van der Waals surface area contributed by atoms with E-state index in [-0.39, 0.29) is 0 Å². The molecule has 2 N–H and O–H groups in total. The van der Waals surface area contributed by atoms with Crippen molar-refractivity contribution in [3.05, 3.63) is 6.61 Å². The lowest BCUT2D eigenvalue weighted by molar-refractivity contribution is -0.120. The van der Waals surface area contributed by atoms with Crippen molar-refractivity contribution < 1.29 is 9.90 Å². The van der Waals surface area contributed by atoms with E-state index in [4.69, 9.17) is 5.11 Å². The summed E-state index contributed by atoms with van der Waals surface area (Å²) in [6, 6.07) is 0. The molecule has 0 saturated heterocycles. The molecule has 0 bridgehead atoms. The van der Waals surface area contributed by atoms with Crippen molar-refractivity contribution in [2.24, 2.45) is 0 Å². The second kappa shape index (κ2) is 5.56. The quantitative estimate of drug-likeness (QED) is 0.542. The molecule has 9 heavy (non-hydrogen) atoms. The summed E-state index contributed by atoms with van der Waals surface area (Å²) in [5, 5.41) is 10.6. The predicted molar refractivity (Wildman–Crippen MR) is 34.2 cm³/mol. The molecule has 0 rings (SSSR count). The highest BCUT2D eigenvalue weighted by molar-refractivity contribution is 5.82. The van der Waals surface area contributed by atoms with Crippen molar-refractivity contribution in [1.82, 2.24) is 5.32 Å². The highest BCUT2D eigenvalue weighted by Crippen LogP contribution is 1.82. The van der Waals surface area contributed by atoms with Gasteiger partial charge in [-0.25, -0.2) is 0 Å². The maximum absolute atomic E-state index is 10.3. The van der Waals surface area contributed by atoms with Crippen LogP contribution in [0.1, 0.15) is 19.8 Å². The molecule has 53 valence electrons. The summed E-state index contributed by atoms with van der Waals surface area (Å²) in [5.41, 5.74) is 0. The summed E-state index contributed by atoms with van der Waals surface area (Å²) in [5.74, 6) is -0.413. The Hall–Kier alpha value is -0.570. The van der Waals surface area contributed by atoms with Crippen LogP contribution in [-0.2, 0) is 4.79 Å². The average molecular weight is 130 g/mol. The Bertz CT molecular complexity index is 83.1. The largest absolute Gasteiger partial charge is 0.380 e. The topological polar surface area (TPSA) is 49.3 Å². The molecular weight excluding hydrogens is 118 g/mol. The van der Waals surface area contributed by atoms with Crippen LogP contribution in [-0.4, -0.2) is 17.6 Å². The van der Waals surface area contributed by atoms with Gasteiger partial charge in [-0.1, -0.05) is 13.3 Å². The van der Waals surface area contributed by atoms with Crippen molar-refractivity contribution in [3.63, 3.8) is 0 Å². The first-order valence-corrected chi connectivity index (χ1v) is 3.06. The third-order valence-corrected chi connectivity index (χ3v) is 0.947.